The number of benzene rings is 1. The first kappa shape index (κ1) is 14.1. The van der Waals surface area contributed by atoms with E-state index in [4.69, 9.17) is 11.6 Å². The summed E-state index contributed by atoms with van der Waals surface area (Å²) >= 11 is 5.87. The third-order valence-electron chi connectivity index (χ3n) is 3.12. The molecule has 1 atom stereocenters. The summed E-state index contributed by atoms with van der Waals surface area (Å²) < 4.78 is 2.01. The van der Waals surface area contributed by atoms with Gasteiger partial charge in [-0.1, -0.05) is 30.7 Å². The van der Waals surface area contributed by atoms with E-state index in [2.05, 4.69) is 11.9 Å². The van der Waals surface area contributed by atoms with E-state index in [0.717, 1.165) is 18.5 Å². The van der Waals surface area contributed by atoms with Crippen LogP contribution in [-0.4, -0.2) is 14.7 Å². The predicted octanol–water partition coefficient (Wildman–Crippen LogP) is 3.40. The van der Waals surface area contributed by atoms with Gasteiger partial charge in [-0.3, -0.25) is 0 Å². The highest BCUT2D eigenvalue weighted by Gasteiger charge is 2.28. The van der Waals surface area contributed by atoms with Crippen molar-refractivity contribution in [3.05, 3.63) is 53.1 Å². The molecule has 1 N–H and O–H groups in total. The highest BCUT2D eigenvalue weighted by atomic mass is 35.5. The Morgan fingerprint density at radius 1 is 1.32 bits per heavy atom. The van der Waals surface area contributed by atoms with Gasteiger partial charge < -0.3 is 9.67 Å². The van der Waals surface area contributed by atoms with E-state index in [1.54, 1.807) is 13.1 Å². The molecule has 19 heavy (non-hydrogen) atoms. The summed E-state index contributed by atoms with van der Waals surface area (Å²) in [7, 11) is 0. The van der Waals surface area contributed by atoms with Crippen molar-refractivity contribution in [2.24, 2.45) is 0 Å². The molecule has 4 heteroatoms. The number of hydrogen-bond acceptors (Lipinski definition) is 2. The number of nitrogens with zero attached hydrogens (tertiary/aromatic N) is 2. The van der Waals surface area contributed by atoms with Crippen LogP contribution < -0.4 is 0 Å². The number of halogens is 1. The van der Waals surface area contributed by atoms with E-state index in [1.165, 1.54) is 0 Å². The molecule has 0 spiro atoms. The number of hydrogen-bond donors (Lipinski definition) is 1. The summed E-state index contributed by atoms with van der Waals surface area (Å²) in [6.45, 7) is 4.78. The minimum atomic E-state index is -0.980. The van der Waals surface area contributed by atoms with Gasteiger partial charge in [0.1, 0.15) is 11.4 Å². The molecule has 3 nitrogen and oxygen atoms in total. The van der Waals surface area contributed by atoms with Crippen LogP contribution in [0, 0.1) is 0 Å². The van der Waals surface area contributed by atoms with Crippen molar-refractivity contribution in [2.75, 3.05) is 0 Å². The van der Waals surface area contributed by atoms with E-state index in [1.807, 2.05) is 35.0 Å². The van der Waals surface area contributed by atoms with Crippen LogP contribution in [0.3, 0.4) is 0 Å². The van der Waals surface area contributed by atoms with Crippen LogP contribution in [0.2, 0.25) is 5.02 Å². The Kier molecular flexibility index (Phi) is 4.27. The molecule has 1 heterocycles. The maximum atomic E-state index is 10.7. The lowest BCUT2D eigenvalue weighted by molar-refractivity contribution is 0.0442. The molecule has 2 aromatic rings. The van der Waals surface area contributed by atoms with E-state index in [-0.39, 0.29) is 0 Å². The Morgan fingerprint density at radius 3 is 2.63 bits per heavy atom. The molecular formula is C15H19ClN2O. The Bertz CT molecular complexity index is 531. The topological polar surface area (TPSA) is 38.0 Å². The zero-order valence-electron chi connectivity index (χ0n) is 11.3. The maximum absolute atomic E-state index is 10.7. The minimum absolute atomic E-state index is 0.519. The smallest absolute Gasteiger partial charge is 0.140 e. The molecule has 1 aromatic heterocycles. The largest absolute Gasteiger partial charge is 0.382 e. The van der Waals surface area contributed by atoms with Crippen molar-refractivity contribution in [2.45, 2.75) is 38.8 Å². The quantitative estimate of drug-likeness (QED) is 0.910. The van der Waals surface area contributed by atoms with Gasteiger partial charge in [0.2, 0.25) is 0 Å². The third kappa shape index (κ3) is 3.37. The highest BCUT2D eigenvalue weighted by molar-refractivity contribution is 6.30. The fourth-order valence-corrected chi connectivity index (χ4v) is 2.40. The average Bonchev–Trinajstić information content (AvgIpc) is 2.81. The van der Waals surface area contributed by atoms with Gasteiger partial charge in [0.05, 0.1) is 0 Å². The lowest BCUT2D eigenvalue weighted by Gasteiger charge is -2.24. The second kappa shape index (κ2) is 5.76. The van der Waals surface area contributed by atoms with Gasteiger partial charge in [0.15, 0.2) is 0 Å². The molecule has 0 aliphatic heterocycles. The van der Waals surface area contributed by atoms with Crippen molar-refractivity contribution in [3.63, 3.8) is 0 Å². The SMILES string of the molecule is CCCn1ccnc1C(C)(O)Cc1ccc(Cl)cc1. The molecular weight excluding hydrogens is 260 g/mol. The van der Waals surface area contributed by atoms with Gasteiger partial charge in [-0.2, -0.15) is 0 Å². The third-order valence-corrected chi connectivity index (χ3v) is 3.38. The molecule has 0 saturated carbocycles. The molecule has 0 radical (unpaired) electrons. The second-order valence-electron chi connectivity index (χ2n) is 5.02. The number of imidazole rings is 1. The molecule has 0 bridgehead atoms. The first-order chi connectivity index (χ1) is 9.03. The molecule has 1 aromatic carbocycles. The van der Waals surface area contributed by atoms with Gasteiger partial charge in [-0.15, -0.1) is 0 Å². The highest BCUT2D eigenvalue weighted by Crippen LogP contribution is 2.25. The van der Waals surface area contributed by atoms with Crippen LogP contribution in [0.1, 0.15) is 31.7 Å². The van der Waals surface area contributed by atoms with Crippen LogP contribution in [0.25, 0.3) is 0 Å². The monoisotopic (exact) mass is 278 g/mol. The van der Waals surface area contributed by atoms with Gasteiger partial charge in [0.25, 0.3) is 0 Å². The van der Waals surface area contributed by atoms with Gasteiger partial charge in [-0.25, -0.2) is 4.98 Å². The maximum Gasteiger partial charge on any atom is 0.140 e. The molecule has 0 fully saturated rings. The van der Waals surface area contributed by atoms with Gasteiger partial charge in [-0.05, 0) is 31.0 Å². The van der Waals surface area contributed by atoms with E-state index < -0.39 is 5.60 Å². The predicted molar refractivity (Wildman–Crippen MR) is 77.2 cm³/mol. The summed E-state index contributed by atoms with van der Waals surface area (Å²) in [5, 5.41) is 11.4. The van der Waals surface area contributed by atoms with Crippen molar-refractivity contribution >= 4 is 11.6 Å². The molecule has 102 valence electrons. The van der Waals surface area contributed by atoms with Crippen molar-refractivity contribution in [1.82, 2.24) is 9.55 Å². The van der Waals surface area contributed by atoms with Crippen LogP contribution >= 0.6 is 11.6 Å². The number of aliphatic hydroxyl groups is 1. The van der Waals surface area contributed by atoms with Gasteiger partial charge in [0, 0.05) is 30.4 Å². The summed E-state index contributed by atoms with van der Waals surface area (Å²) in [5.74, 6) is 0.712. The van der Waals surface area contributed by atoms with E-state index >= 15 is 0 Å². The lowest BCUT2D eigenvalue weighted by atomic mass is 9.95. The average molecular weight is 279 g/mol. The Morgan fingerprint density at radius 2 is 2.00 bits per heavy atom. The summed E-state index contributed by atoms with van der Waals surface area (Å²) in [4.78, 5) is 4.31. The zero-order chi connectivity index (χ0) is 13.9. The second-order valence-corrected chi connectivity index (χ2v) is 5.46. The molecule has 0 aliphatic rings. The Hall–Kier alpha value is -1.32. The number of aromatic nitrogens is 2. The van der Waals surface area contributed by atoms with E-state index in [0.29, 0.717) is 17.3 Å². The molecule has 0 aliphatic carbocycles. The summed E-state index contributed by atoms with van der Waals surface area (Å²) in [5.41, 5.74) is 0.0624. The number of aryl methyl sites for hydroxylation is 1. The Labute approximate surface area is 118 Å². The fraction of sp³-hybridized carbons (Fsp3) is 0.400. The van der Waals surface area contributed by atoms with Crippen LogP contribution in [-0.2, 0) is 18.6 Å². The van der Waals surface area contributed by atoms with Crippen molar-refractivity contribution in [1.29, 1.82) is 0 Å². The van der Waals surface area contributed by atoms with Crippen LogP contribution in [0.15, 0.2) is 36.7 Å². The molecule has 0 amide bonds. The first-order valence-corrected chi connectivity index (χ1v) is 6.89. The summed E-state index contributed by atoms with van der Waals surface area (Å²) in [6, 6.07) is 7.55. The zero-order valence-corrected chi connectivity index (χ0v) is 12.1. The normalized spacial score (nSPS) is 14.3. The minimum Gasteiger partial charge on any atom is -0.382 e. The van der Waals surface area contributed by atoms with Crippen LogP contribution in [0.4, 0.5) is 0 Å². The fourth-order valence-electron chi connectivity index (χ4n) is 2.28. The first-order valence-electron chi connectivity index (χ1n) is 6.51. The van der Waals surface area contributed by atoms with Crippen molar-refractivity contribution < 1.29 is 5.11 Å². The number of rotatable bonds is 5. The summed E-state index contributed by atoms with van der Waals surface area (Å²) in [6.07, 6.45) is 5.18. The standard InChI is InChI=1S/C15H19ClN2O/c1-3-9-18-10-8-17-14(18)15(2,19)11-12-4-6-13(16)7-5-12/h4-8,10,19H,3,9,11H2,1-2H3. The molecule has 2 rings (SSSR count). The van der Waals surface area contributed by atoms with Crippen molar-refractivity contribution in [3.8, 4) is 0 Å². The van der Waals surface area contributed by atoms with Crippen LogP contribution in [0.5, 0.6) is 0 Å². The Balaban J connectivity index is 2.21. The lowest BCUT2D eigenvalue weighted by Crippen LogP contribution is -2.28. The molecule has 1 unspecified atom stereocenters. The van der Waals surface area contributed by atoms with Gasteiger partial charge >= 0.3 is 0 Å². The molecule has 0 saturated heterocycles. The van der Waals surface area contributed by atoms with E-state index in [9.17, 15) is 5.11 Å².